The second-order valence-corrected chi connectivity index (χ2v) is 7.87. The van der Waals surface area contributed by atoms with Crippen molar-refractivity contribution in [3.63, 3.8) is 0 Å². The van der Waals surface area contributed by atoms with Gasteiger partial charge < -0.3 is 15.1 Å². The number of hydrogen-bond donors (Lipinski definition) is 2. The van der Waals surface area contributed by atoms with Crippen LogP contribution in [0.4, 0.5) is 5.69 Å². The molecule has 152 valence electrons. The van der Waals surface area contributed by atoms with E-state index in [1.165, 1.54) is 11.1 Å². The van der Waals surface area contributed by atoms with E-state index in [-0.39, 0.29) is 24.8 Å². The molecule has 0 saturated heterocycles. The van der Waals surface area contributed by atoms with Gasteiger partial charge in [-0.25, -0.2) is 0 Å². The Kier molecular flexibility index (Phi) is 6.06. The fraction of sp³-hybridized carbons (Fsp3) is 0.333. The SMILES string of the molecule is Cc1cc2occ(CC(=O)NCC(=O)Nc3cccc(C)c3C)c2cc1C(C)C. The first-order valence-corrected chi connectivity index (χ1v) is 9.89. The Morgan fingerprint density at radius 2 is 1.79 bits per heavy atom. The average molecular weight is 392 g/mol. The van der Waals surface area contributed by atoms with Crippen LogP contribution in [0.1, 0.15) is 47.6 Å². The van der Waals surface area contributed by atoms with Crippen molar-refractivity contribution in [2.75, 3.05) is 11.9 Å². The third-order valence-corrected chi connectivity index (χ3v) is 5.34. The minimum absolute atomic E-state index is 0.0711. The molecule has 2 amide bonds. The highest BCUT2D eigenvalue weighted by atomic mass is 16.3. The van der Waals surface area contributed by atoms with Gasteiger partial charge in [-0.1, -0.05) is 26.0 Å². The van der Waals surface area contributed by atoms with Gasteiger partial charge in [-0.2, -0.15) is 0 Å². The van der Waals surface area contributed by atoms with Gasteiger partial charge in [0.05, 0.1) is 19.2 Å². The Labute approximate surface area is 171 Å². The Bertz CT molecular complexity index is 1060. The van der Waals surface area contributed by atoms with Crippen LogP contribution in [-0.2, 0) is 16.0 Å². The molecule has 0 fully saturated rings. The highest BCUT2D eigenvalue weighted by Gasteiger charge is 2.15. The molecule has 0 aliphatic carbocycles. The molecule has 3 rings (SSSR count). The Balaban J connectivity index is 1.63. The lowest BCUT2D eigenvalue weighted by Crippen LogP contribution is -2.33. The van der Waals surface area contributed by atoms with Crippen molar-refractivity contribution in [2.24, 2.45) is 0 Å². The van der Waals surface area contributed by atoms with E-state index >= 15 is 0 Å². The van der Waals surface area contributed by atoms with Crippen molar-refractivity contribution in [2.45, 2.75) is 47.0 Å². The van der Waals surface area contributed by atoms with E-state index in [1.807, 2.05) is 38.1 Å². The van der Waals surface area contributed by atoms with Crippen LogP contribution in [0.25, 0.3) is 11.0 Å². The number of aryl methyl sites for hydroxylation is 2. The summed E-state index contributed by atoms with van der Waals surface area (Å²) in [6.07, 6.45) is 1.80. The molecule has 0 spiro atoms. The first-order chi connectivity index (χ1) is 13.8. The summed E-state index contributed by atoms with van der Waals surface area (Å²) in [6.45, 7) is 10.2. The number of benzene rings is 2. The molecule has 29 heavy (non-hydrogen) atoms. The van der Waals surface area contributed by atoms with Gasteiger partial charge in [0.2, 0.25) is 11.8 Å². The molecule has 1 heterocycles. The van der Waals surface area contributed by atoms with Gasteiger partial charge >= 0.3 is 0 Å². The van der Waals surface area contributed by atoms with Crippen LogP contribution in [0.5, 0.6) is 0 Å². The predicted molar refractivity (Wildman–Crippen MR) is 116 cm³/mol. The lowest BCUT2D eigenvalue weighted by Gasteiger charge is -2.11. The third-order valence-electron chi connectivity index (χ3n) is 5.34. The van der Waals surface area contributed by atoms with Gasteiger partial charge in [0.25, 0.3) is 0 Å². The zero-order valence-corrected chi connectivity index (χ0v) is 17.7. The maximum atomic E-state index is 12.4. The number of furan rings is 1. The normalized spacial score (nSPS) is 11.1. The molecule has 0 aliphatic rings. The van der Waals surface area contributed by atoms with Crippen LogP contribution in [0.15, 0.2) is 41.0 Å². The van der Waals surface area contributed by atoms with Crippen LogP contribution < -0.4 is 10.6 Å². The molecule has 5 nitrogen and oxygen atoms in total. The summed E-state index contributed by atoms with van der Waals surface area (Å²) in [6, 6.07) is 9.87. The number of carbonyl (C=O) groups is 2. The summed E-state index contributed by atoms with van der Waals surface area (Å²) < 4.78 is 5.64. The first kappa shape index (κ1) is 20.6. The molecule has 3 aromatic rings. The number of nitrogens with one attached hydrogen (secondary N) is 2. The fourth-order valence-corrected chi connectivity index (χ4v) is 3.50. The van der Waals surface area contributed by atoms with Crippen LogP contribution in [0.3, 0.4) is 0 Å². The highest BCUT2D eigenvalue weighted by Crippen LogP contribution is 2.29. The zero-order chi connectivity index (χ0) is 21.1. The van der Waals surface area contributed by atoms with E-state index in [2.05, 4.69) is 37.5 Å². The van der Waals surface area contributed by atoms with Gasteiger partial charge in [0.1, 0.15) is 5.58 Å². The molecule has 1 aromatic heterocycles. The molecule has 0 atom stereocenters. The van der Waals surface area contributed by atoms with Gasteiger partial charge in [-0.3, -0.25) is 9.59 Å². The van der Waals surface area contributed by atoms with Gasteiger partial charge in [0.15, 0.2) is 0 Å². The number of fused-ring (bicyclic) bond motifs is 1. The van der Waals surface area contributed by atoms with Crippen molar-refractivity contribution in [3.8, 4) is 0 Å². The van der Waals surface area contributed by atoms with Crippen molar-refractivity contribution < 1.29 is 14.0 Å². The number of anilines is 1. The maximum Gasteiger partial charge on any atom is 0.243 e. The van der Waals surface area contributed by atoms with Crippen LogP contribution in [-0.4, -0.2) is 18.4 Å². The number of hydrogen-bond acceptors (Lipinski definition) is 3. The summed E-state index contributed by atoms with van der Waals surface area (Å²) >= 11 is 0. The minimum atomic E-state index is -0.248. The van der Waals surface area contributed by atoms with E-state index in [1.54, 1.807) is 6.26 Å². The standard InChI is InChI=1S/C24H28N2O3/c1-14(2)19-11-20-18(13-29-22(20)9-16(19)4)10-23(27)25-12-24(28)26-21-8-6-7-15(3)17(21)5/h6-9,11,13-14H,10,12H2,1-5H3,(H,25,27)(H,26,28). The van der Waals surface area contributed by atoms with Gasteiger partial charge in [-0.05, 0) is 67.1 Å². The smallest absolute Gasteiger partial charge is 0.243 e. The predicted octanol–water partition coefficient (Wildman–Crippen LogP) is 4.78. The average Bonchev–Trinajstić information content (AvgIpc) is 3.04. The molecular formula is C24H28N2O3. The van der Waals surface area contributed by atoms with Crippen molar-refractivity contribution in [3.05, 3.63) is 64.4 Å². The van der Waals surface area contributed by atoms with E-state index < -0.39 is 0 Å². The van der Waals surface area contributed by atoms with E-state index in [0.29, 0.717) is 5.92 Å². The quantitative estimate of drug-likeness (QED) is 0.634. The first-order valence-electron chi connectivity index (χ1n) is 9.89. The molecule has 0 unspecified atom stereocenters. The molecule has 2 N–H and O–H groups in total. The Hall–Kier alpha value is -3.08. The second kappa shape index (κ2) is 8.52. The molecule has 0 saturated carbocycles. The van der Waals surface area contributed by atoms with Crippen LogP contribution in [0.2, 0.25) is 0 Å². The molecule has 0 radical (unpaired) electrons. The van der Waals surface area contributed by atoms with Crippen LogP contribution in [0, 0.1) is 20.8 Å². The van der Waals surface area contributed by atoms with Crippen molar-refractivity contribution >= 4 is 28.5 Å². The highest BCUT2D eigenvalue weighted by molar-refractivity contribution is 5.96. The fourth-order valence-electron chi connectivity index (χ4n) is 3.50. The zero-order valence-electron chi connectivity index (χ0n) is 17.7. The second-order valence-electron chi connectivity index (χ2n) is 7.87. The number of rotatable bonds is 6. The number of carbonyl (C=O) groups excluding carboxylic acids is 2. The van der Waals surface area contributed by atoms with Crippen molar-refractivity contribution in [1.82, 2.24) is 5.32 Å². The summed E-state index contributed by atoms with van der Waals surface area (Å²) in [5.74, 6) is -0.0675. The summed E-state index contributed by atoms with van der Waals surface area (Å²) in [7, 11) is 0. The Morgan fingerprint density at radius 1 is 1.03 bits per heavy atom. The van der Waals surface area contributed by atoms with Crippen LogP contribution >= 0.6 is 0 Å². The third kappa shape index (κ3) is 4.67. The summed E-state index contributed by atoms with van der Waals surface area (Å²) in [5.41, 5.74) is 6.93. The molecular weight excluding hydrogens is 364 g/mol. The summed E-state index contributed by atoms with van der Waals surface area (Å²) in [5, 5.41) is 6.50. The number of amides is 2. The van der Waals surface area contributed by atoms with Gasteiger partial charge in [-0.15, -0.1) is 0 Å². The maximum absolute atomic E-state index is 12.4. The molecule has 2 aromatic carbocycles. The summed E-state index contributed by atoms with van der Waals surface area (Å²) in [4.78, 5) is 24.6. The van der Waals surface area contributed by atoms with E-state index in [4.69, 9.17) is 4.42 Å². The van der Waals surface area contributed by atoms with E-state index in [0.717, 1.165) is 33.3 Å². The lowest BCUT2D eigenvalue weighted by atomic mass is 9.95. The monoisotopic (exact) mass is 392 g/mol. The van der Waals surface area contributed by atoms with Crippen molar-refractivity contribution in [1.29, 1.82) is 0 Å². The van der Waals surface area contributed by atoms with Gasteiger partial charge in [0, 0.05) is 16.6 Å². The molecule has 0 bridgehead atoms. The Morgan fingerprint density at radius 3 is 2.52 bits per heavy atom. The lowest BCUT2D eigenvalue weighted by molar-refractivity contribution is -0.123. The molecule has 0 aliphatic heterocycles. The topological polar surface area (TPSA) is 71.3 Å². The molecule has 5 heteroatoms. The largest absolute Gasteiger partial charge is 0.464 e. The van der Waals surface area contributed by atoms with E-state index in [9.17, 15) is 9.59 Å². The minimum Gasteiger partial charge on any atom is -0.464 e.